The van der Waals surface area contributed by atoms with Crippen molar-refractivity contribution in [2.75, 3.05) is 5.32 Å². The number of benzene rings is 2. The summed E-state index contributed by atoms with van der Waals surface area (Å²) in [4.78, 5) is 17.0. The van der Waals surface area contributed by atoms with Gasteiger partial charge in [0.1, 0.15) is 5.75 Å². The molecule has 2 aromatic carbocycles. The van der Waals surface area contributed by atoms with E-state index in [1.807, 2.05) is 31.2 Å². The Morgan fingerprint density at radius 2 is 1.97 bits per heavy atom. The second-order valence-electron chi connectivity index (χ2n) is 6.64. The summed E-state index contributed by atoms with van der Waals surface area (Å²) in [6.45, 7) is 0.772. The smallest absolute Gasteiger partial charge is 0.387 e. The van der Waals surface area contributed by atoms with E-state index in [1.54, 1.807) is 35.2 Å². The van der Waals surface area contributed by atoms with Gasteiger partial charge in [-0.05, 0) is 43.7 Å². The van der Waals surface area contributed by atoms with Crippen molar-refractivity contribution in [3.63, 3.8) is 0 Å². The molecule has 0 unspecified atom stereocenters. The highest BCUT2D eigenvalue weighted by molar-refractivity contribution is 7.14. The minimum Gasteiger partial charge on any atom is -0.434 e. The number of halogens is 2. The SMILES string of the molecule is Cc1cccc(-n2nnc(C(=O)Nc3nc(-c4ccccc4OC(F)F)cs3)c2C)c1. The lowest BCUT2D eigenvalue weighted by Gasteiger charge is -2.08. The van der Waals surface area contributed by atoms with Crippen LogP contribution in [0.2, 0.25) is 0 Å². The summed E-state index contributed by atoms with van der Waals surface area (Å²) in [6.07, 6.45) is 0. The van der Waals surface area contributed by atoms with E-state index in [0.717, 1.165) is 22.6 Å². The number of aryl methyl sites for hydroxylation is 1. The Balaban J connectivity index is 1.55. The van der Waals surface area contributed by atoms with Crippen LogP contribution in [-0.4, -0.2) is 32.5 Å². The topological polar surface area (TPSA) is 81.9 Å². The largest absolute Gasteiger partial charge is 0.434 e. The number of amides is 1. The van der Waals surface area contributed by atoms with Gasteiger partial charge in [-0.15, -0.1) is 16.4 Å². The predicted molar refractivity (Wildman–Crippen MR) is 113 cm³/mol. The van der Waals surface area contributed by atoms with Gasteiger partial charge in [0.2, 0.25) is 0 Å². The summed E-state index contributed by atoms with van der Waals surface area (Å²) in [5.41, 5.74) is 3.43. The molecule has 0 aliphatic rings. The number of carbonyl (C=O) groups excluding carboxylic acids is 1. The van der Waals surface area contributed by atoms with Gasteiger partial charge in [0.25, 0.3) is 5.91 Å². The molecule has 0 radical (unpaired) electrons. The Kier molecular flexibility index (Phi) is 5.72. The van der Waals surface area contributed by atoms with Gasteiger partial charge in [0.15, 0.2) is 10.8 Å². The minimum absolute atomic E-state index is 0.0117. The fourth-order valence-electron chi connectivity index (χ4n) is 3.03. The molecule has 31 heavy (non-hydrogen) atoms. The fourth-order valence-corrected chi connectivity index (χ4v) is 3.74. The zero-order valence-electron chi connectivity index (χ0n) is 16.5. The van der Waals surface area contributed by atoms with E-state index in [2.05, 4.69) is 25.3 Å². The normalized spacial score (nSPS) is 11.0. The number of alkyl halides is 2. The molecule has 2 heterocycles. The van der Waals surface area contributed by atoms with Crippen LogP contribution in [0.25, 0.3) is 16.9 Å². The number of nitrogens with zero attached hydrogens (tertiary/aromatic N) is 4. The van der Waals surface area contributed by atoms with Crippen molar-refractivity contribution < 1.29 is 18.3 Å². The molecule has 1 amide bonds. The van der Waals surface area contributed by atoms with Crippen LogP contribution in [0.5, 0.6) is 5.75 Å². The zero-order valence-corrected chi connectivity index (χ0v) is 17.4. The van der Waals surface area contributed by atoms with Gasteiger partial charge in [-0.25, -0.2) is 9.67 Å². The second-order valence-corrected chi connectivity index (χ2v) is 7.50. The Morgan fingerprint density at radius 3 is 2.74 bits per heavy atom. The Labute approximate surface area is 180 Å². The molecule has 1 N–H and O–H groups in total. The summed E-state index contributed by atoms with van der Waals surface area (Å²) >= 11 is 1.16. The van der Waals surface area contributed by atoms with Gasteiger partial charge in [-0.2, -0.15) is 8.78 Å². The summed E-state index contributed by atoms with van der Waals surface area (Å²) < 4.78 is 31.4. The lowest BCUT2D eigenvalue weighted by Crippen LogP contribution is -2.14. The average molecular weight is 441 g/mol. The molecule has 0 saturated heterocycles. The molecular formula is C21H17F2N5O2S. The van der Waals surface area contributed by atoms with Crippen LogP contribution in [0.3, 0.4) is 0 Å². The van der Waals surface area contributed by atoms with Gasteiger partial charge in [-0.3, -0.25) is 10.1 Å². The van der Waals surface area contributed by atoms with Gasteiger partial charge < -0.3 is 4.74 Å². The Bertz CT molecular complexity index is 1240. The molecule has 158 valence electrons. The van der Waals surface area contributed by atoms with E-state index in [0.29, 0.717) is 22.1 Å². The van der Waals surface area contributed by atoms with E-state index < -0.39 is 12.5 Å². The number of nitrogens with one attached hydrogen (secondary N) is 1. The average Bonchev–Trinajstić information content (AvgIpc) is 3.34. The molecule has 10 heteroatoms. The van der Waals surface area contributed by atoms with Crippen LogP contribution >= 0.6 is 11.3 Å². The van der Waals surface area contributed by atoms with Crippen molar-refractivity contribution in [3.05, 3.63) is 70.9 Å². The van der Waals surface area contributed by atoms with Crippen LogP contribution in [0.1, 0.15) is 21.7 Å². The molecule has 0 atom stereocenters. The highest BCUT2D eigenvalue weighted by Gasteiger charge is 2.20. The number of rotatable bonds is 6. The highest BCUT2D eigenvalue weighted by Crippen LogP contribution is 2.33. The lowest BCUT2D eigenvalue weighted by atomic mass is 10.1. The molecule has 0 fully saturated rings. The predicted octanol–water partition coefficient (Wildman–Crippen LogP) is 4.86. The second kappa shape index (κ2) is 8.60. The Morgan fingerprint density at radius 1 is 1.16 bits per heavy atom. The number of hydrogen-bond acceptors (Lipinski definition) is 6. The number of anilines is 1. The van der Waals surface area contributed by atoms with Crippen LogP contribution in [0, 0.1) is 13.8 Å². The first-order valence-electron chi connectivity index (χ1n) is 9.23. The molecule has 0 saturated carbocycles. The molecule has 0 aliphatic carbocycles. The van der Waals surface area contributed by atoms with E-state index >= 15 is 0 Å². The fraction of sp³-hybridized carbons (Fsp3) is 0.143. The number of thiazole rings is 1. The van der Waals surface area contributed by atoms with Crippen molar-refractivity contribution in [2.45, 2.75) is 20.5 Å². The highest BCUT2D eigenvalue weighted by atomic mass is 32.1. The number of carbonyl (C=O) groups is 1. The van der Waals surface area contributed by atoms with E-state index in [9.17, 15) is 13.6 Å². The molecule has 0 bridgehead atoms. The Hall–Kier alpha value is -3.66. The van der Waals surface area contributed by atoms with Crippen LogP contribution in [-0.2, 0) is 0 Å². The number of aromatic nitrogens is 4. The zero-order chi connectivity index (χ0) is 22.0. The van der Waals surface area contributed by atoms with Gasteiger partial charge in [0.05, 0.1) is 17.1 Å². The molecule has 7 nitrogen and oxygen atoms in total. The lowest BCUT2D eigenvalue weighted by molar-refractivity contribution is -0.0494. The van der Waals surface area contributed by atoms with Crippen LogP contribution in [0.15, 0.2) is 53.9 Å². The first-order valence-corrected chi connectivity index (χ1v) is 10.1. The van der Waals surface area contributed by atoms with Crippen molar-refractivity contribution in [1.82, 2.24) is 20.0 Å². The molecular weight excluding hydrogens is 424 g/mol. The molecule has 2 aromatic heterocycles. The van der Waals surface area contributed by atoms with Gasteiger partial charge >= 0.3 is 6.61 Å². The summed E-state index contributed by atoms with van der Waals surface area (Å²) in [5.74, 6) is -0.452. The first kappa shape index (κ1) is 20.6. The maximum atomic E-state index is 12.7. The number of para-hydroxylation sites is 1. The van der Waals surface area contributed by atoms with E-state index in [-0.39, 0.29) is 11.4 Å². The third-order valence-corrected chi connectivity index (χ3v) is 5.22. The van der Waals surface area contributed by atoms with E-state index in [4.69, 9.17) is 0 Å². The standard InChI is InChI=1S/C21H17F2N5O2S/c1-12-6-5-7-14(10-12)28-13(2)18(26-27-28)19(29)25-21-24-16(11-31-21)15-8-3-4-9-17(15)30-20(22)23/h3-11,20H,1-2H3,(H,24,25,29). The van der Waals surface area contributed by atoms with Crippen molar-refractivity contribution in [3.8, 4) is 22.7 Å². The number of ether oxygens (including phenoxy) is 1. The summed E-state index contributed by atoms with van der Waals surface area (Å²) in [6, 6.07) is 14.0. The van der Waals surface area contributed by atoms with Crippen molar-refractivity contribution >= 4 is 22.4 Å². The van der Waals surface area contributed by atoms with Crippen LogP contribution in [0.4, 0.5) is 13.9 Å². The third kappa shape index (κ3) is 4.43. The molecule has 4 aromatic rings. The first-order chi connectivity index (χ1) is 14.9. The summed E-state index contributed by atoms with van der Waals surface area (Å²) in [7, 11) is 0. The van der Waals surface area contributed by atoms with Gasteiger partial charge in [0, 0.05) is 10.9 Å². The van der Waals surface area contributed by atoms with Crippen molar-refractivity contribution in [1.29, 1.82) is 0 Å². The summed E-state index contributed by atoms with van der Waals surface area (Å²) in [5, 5.41) is 12.7. The maximum Gasteiger partial charge on any atom is 0.387 e. The maximum absolute atomic E-state index is 12.7. The minimum atomic E-state index is -2.95. The third-order valence-electron chi connectivity index (χ3n) is 4.46. The van der Waals surface area contributed by atoms with Crippen LogP contribution < -0.4 is 10.1 Å². The molecule has 0 spiro atoms. The van der Waals surface area contributed by atoms with Gasteiger partial charge in [-0.1, -0.05) is 29.5 Å². The monoisotopic (exact) mass is 441 g/mol. The number of hydrogen-bond donors (Lipinski definition) is 1. The van der Waals surface area contributed by atoms with Crippen molar-refractivity contribution in [2.24, 2.45) is 0 Å². The quantitative estimate of drug-likeness (QED) is 0.462. The van der Waals surface area contributed by atoms with E-state index in [1.165, 1.54) is 6.07 Å². The molecule has 0 aliphatic heterocycles. The molecule has 4 rings (SSSR count).